The Labute approximate surface area is 115 Å². The quantitative estimate of drug-likeness (QED) is 0.461. The van der Waals surface area contributed by atoms with Crippen LogP contribution in [0.3, 0.4) is 0 Å². The molecule has 0 bridgehead atoms. The van der Waals surface area contributed by atoms with Gasteiger partial charge in [-0.25, -0.2) is 15.0 Å². The highest BCUT2D eigenvalue weighted by atomic mass is 16.2. The third kappa shape index (κ3) is 1.11. The van der Waals surface area contributed by atoms with Crippen molar-refractivity contribution in [3.63, 3.8) is 0 Å². The summed E-state index contributed by atoms with van der Waals surface area (Å²) in [5.74, 6) is 0. The number of hydrogen-bond donors (Lipinski definition) is 1. The maximum atomic E-state index is 12.2. The van der Waals surface area contributed by atoms with Crippen molar-refractivity contribution in [1.29, 1.82) is 0 Å². The first-order valence-corrected chi connectivity index (χ1v) is 6.40. The van der Waals surface area contributed by atoms with E-state index in [0.29, 0.717) is 32.7 Å². The van der Waals surface area contributed by atoms with Crippen LogP contribution < -0.4 is 11.1 Å². The summed E-state index contributed by atoms with van der Waals surface area (Å²) in [6.45, 7) is 0. The molecule has 0 aliphatic rings. The van der Waals surface area contributed by atoms with E-state index in [-0.39, 0.29) is 0 Å². The van der Waals surface area contributed by atoms with Crippen molar-refractivity contribution < 1.29 is 0 Å². The normalized spacial score (nSPS) is 12.2. The van der Waals surface area contributed by atoms with E-state index in [1.165, 1.54) is 6.33 Å². The highest BCUT2D eigenvalue weighted by Gasteiger charge is 2.21. The maximum Gasteiger partial charge on any atom is 0.261 e. The van der Waals surface area contributed by atoms with Gasteiger partial charge in [0.25, 0.3) is 11.1 Å². The van der Waals surface area contributed by atoms with Gasteiger partial charge in [0.15, 0.2) is 0 Å². The molecule has 6 heteroatoms. The van der Waals surface area contributed by atoms with Crippen molar-refractivity contribution in [2.24, 2.45) is 0 Å². The van der Waals surface area contributed by atoms with Crippen LogP contribution in [0.1, 0.15) is 0 Å². The summed E-state index contributed by atoms with van der Waals surface area (Å²) in [7, 11) is 0. The number of hydrogen-bond acceptors (Lipinski definition) is 5. The minimum Gasteiger partial charge on any atom is -0.288 e. The molecule has 1 N–H and O–H groups in total. The molecule has 21 heavy (non-hydrogen) atoms. The molecule has 0 spiro atoms. The summed E-state index contributed by atoms with van der Waals surface area (Å²) in [4.78, 5) is 39.5. The van der Waals surface area contributed by atoms with Gasteiger partial charge in [0.1, 0.15) is 22.9 Å². The van der Waals surface area contributed by atoms with Crippen LogP contribution in [0, 0.1) is 0 Å². The Morgan fingerprint density at radius 3 is 2.48 bits per heavy atom. The van der Waals surface area contributed by atoms with Crippen LogP contribution in [-0.4, -0.2) is 19.9 Å². The van der Waals surface area contributed by atoms with Gasteiger partial charge < -0.3 is 0 Å². The second-order valence-electron chi connectivity index (χ2n) is 4.96. The molecule has 0 atom stereocenters. The van der Waals surface area contributed by atoms with Crippen LogP contribution in [0.25, 0.3) is 43.6 Å². The number of para-hydroxylation sites is 1. The summed E-state index contributed by atoms with van der Waals surface area (Å²) in [5.41, 5.74) is 1.56. The van der Waals surface area contributed by atoms with E-state index in [9.17, 15) is 9.59 Å². The highest BCUT2D eigenvalue weighted by Crippen LogP contribution is 2.34. The number of aromatic nitrogens is 4. The van der Waals surface area contributed by atoms with Crippen LogP contribution in [0.4, 0.5) is 0 Å². The lowest BCUT2D eigenvalue weighted by Crippen LogP contribution is -2.05. The number of benzene rings is 2. The number of nitrogens with one attached hydrogen (secondary N) is 1. The summed E-state index contributed by atoms with van der Waals surface area (Å²) >= 11 is 0. The molecule has 6 nitrogen and oxygen atoms in total. The van der Waals surface area contributed by atoms with Crippen LogP contribution in [-0.2, 0) is 0 Å². The van der Waals surface area contributed by atoms with Crippen LogP contribution in [0.15, 0.2) is 40.2 Å². The predicted molar refractivity (Wildman–Crippen MR) is 79.1 cm³/mol. The molecule has 0 saturated carbocycles. The zero-order chi connectivity index (χ0) is 14.1. The fourth-order valence-electron chi connectivity index (χ4n) is 3.05. The molecule has 98 valence electrons. The first kappa shape index (κ1) is 10.6. The summed E-state index contributed by atoms with van der Waals surface area (Å²) in [5, 5.41) is 2.19. The molecule has 0 radical (unpaired) electrons. The molecular formula is C15H6N4O2. The molecule has 2 aromatic carbocycles. The first-order valence-electron chi connectivity index (χ1n) is 6.40. The van der Waals surface area contributed by atoms with E-state index < -0.39 is 11.1 Å². The fourth-order valence-corrected chi connectivity index (χ4v) is 3.05. The van der Waals surface area contributed by atoms with Crippen molar-refractivity contribution >= 4 is 43.6 Å². The molecule has 0 aliphatic carbocycles. The lowest BCUT2D eigenvalue weighted by Gasteiger charge is -1.94. The van der Waals surface area contributed by atoms with Crippen molar-refractivity contribution in [3.05, 3.63) is 51.3 Å². The van der Waals surface area contributed by atoms with Gasteiger partial charge in [-0.3, -0.25) is 14.6 Å². The smallest absolute Gasteiger partial charge is 0.261 e. The molecule has 5 aromatic rings. The second-order valence-corrected chi connectivity index (χ2v) is 4.96. The SMILES string of the molecule is O=c1[nH]c(=O)c2c1c1ncnc1c1nc3ccccc3c12. The average Bonchev–Trinajstić information content (AvgIpc) is 3.14. The van der Waals surface area contributed by atoms with Gasteiger partial charge >= 0.3 is 0 Å². The Hall–Kier alpha value is -3.15. The molecule has 0 fully saturated rings. The van der Waals surface area contributed by atoms with Gasteiger partial charge in [0, 0.05) is 10.8 Å². The van der Waals surface area contributed by atoms with E-state index in [0.717, 1.165) is 10.9 Å². The Bertz CT molecular complexity index is 1280. The zero-order valence-electron chi connectivity index (χ0n) is 10.5. The van der Waals surface area contributed by atoms with Gasteiger partial charge in [-0.05, 0) is 6.07 Å². The van der Waals surface area contributed by atoms with E-state index in [1.807, 2.05) is 24.3 Å². The van der Waals surface area contributed by atoms with Gasteiger partial charge in [0.05, 0.1) is 16.3 Å². The molecule has 0 saturated heterocycles. The third-order valence-corrected chi connectivity index (χ3v) is 3.88. The zero-order valence-corrected chi connectivity index (χ0v) is 10.5. The van der Waals surface area contributed by atoms with Crippen LogP contribution in [0.5, 0.6) is 0 Å². The third-order valence-electron chi connectivity index (χ3n) is 3.88. The Kier molecular flexibility index (Phi) is 1.66. The first-order chi connectivity index (χ1) is 10.3. The van der Waals surface area contributed by atoms with Crippen molar-refractivity contribution in [1.82, 2.24) is 19.9 Å². The van der Waals surface area contributed by atoms with E-state index in [4.69, 9.17) is 0 Å². The Morgan fingerprint density at radius 1 is 0.810 bits per heavy atom. The van der Waals surface area contributed by atoms with E-state index in [1.54, 1.807) is 0 Å². The summed E-state index contributed by atoms with van der Waals surface area (Å²) in [6, 6.07) is 7.53. The minimum atomic E-state index is -0.423. The van der Waals surface area contributed by atoms with Gasteiger partial charge in [0.2, 0.25) is 0 Å². The summed E-state index contributed by atoms with van der Waals surface area (Å²) < 4.78 is 0. The van der Waals surface area contributed by atoms with Crippen LogP contribution in [0.2, 0.25) is 0 Å². The molecule has 5 rings (SSSR count). The second kappa shape index (κ2) is 3.29. The average molecular weight is 274 g/mol. The molecular weight excluding hydrogens is 268 g/mol. The Balaban J connectivity index is 2.35. The number of imidazole rings is 1. The fraction of sp³-hybridized carbons (Fsp3) is 0. The van der Waals surface area contributed by atoms with Crippen molar-refractivity contribution in [2.45, 2.75) is 0 Å². The summed E-state index contributed by atoms with van der Waals surface area (Å²) in [6.07, 6.45) is 1.39. The topological polar surface area (TPSA) is 88.6 Å². The number of aromatic amines is 1. The standard InChI is InChI=1S/C15H6N4O2/c20-14-9-8-6-3-1-2-4-7(6)18-12(8)13-11(16-5-17-13)10(9)15(21)19-14/h1-5H,(H,19,20,21). The van der Waals surface area contributed by atoms with E-state index in [2.05, 4.69) is 19.9 Å². The van der Waals surface area contributed by atoms with Gasteiger partial charge in [-0.15, -0.1) is 0 Å². The monoisotopic (exact) mass is 274 g/mol. The molecule has 0 unspecified atom stereocenters. The number of fused-ring (bicyclic) bond motifs is 8. The highest BCUT2D eigenvalue weighted by molar-refractivity contribution is 6.29. The lowest BCUT2D eigenvalue weighted by molar-refractivity contribution is 1.26. The van der Waals surface area contributed by atoms with Crippen molar-refractivity contribution in [3.8, 4) is 0 Å². The lowest BCUT2D eigenvalue weighted by atomic mass is 10.1. The van der Waals surface area contributed by atoms with E-state index >= 15 is 0 Å². The van der Waals surface area contributed by atoms with Gasteiger partial charge in [-0.2, -0.15) is 0 Å². The molecule has 3 heterocycles. The predicted octanol–water partition coefficient (Wildman–Crippen LogP) is 1.41. The minimum absolute atomic E-state index is 0.304. The number of nitrogens with zero attached hydrogens (tertiary/aromatic N) is 3. The Morgan fingerprint density at radius 2 is 1.57 bits per heavy atom. The largest absolute Gasteiger partial charge is 0.288 e. The van der Waals surface area contributed by atoms with Gasteiger partial charge in [-0.1, -0.05) is 18.2 Å². The van der Waals surface area contributed by atoms with Crippen LogP contribution >= 0.6 is 0 Å². The number of H-pyrrole nitrogens is 1. The maximum absolute atomic E-state index is 12.2. The van der Waals surface area contributed by atoms with Crippen molar-refractivity contribution in [2.75, 3.05) is 0 Å². The number of rotatable bonds is 0. The molecule has 3 aromatic heterocycles. The molecule has 0 aliphatic heterocycles. The molecule has 0 amide bonds.